The lowest BCUT2D eigenvalue weighted by Crippen LogP contribution is -2.40. The summed E-state index contributed by atoms with van der Waals surface area (Å²) in [6.45, 7) is 3.65. The Morgan fingerprint density at radius 1 is 1.24 bits per heavy atom. The van der Waals surface area contributed by atoms with E-state index in [2.05, 4.69) is 20.3 Å². The van der Waals surface area contributed by atoms with E-state index in [4.69, 9.17) is 24.7 Å². The van der Waals surface area contributed by atoms with Crippen molar-refractivity contribution in [2.24, 2.45) is 0 Å². The summed E-state index contributed by atoms with van der Waals surface area (Å²) in [5, 5.41) is 13.4. The van der Waals surface area contributed by atoms with Crippen LogP contribution in [0.4, 0.5) is 16.3 Å². The van der Waals surface area contributed by atoms with E-state index in [9.17, 15) is 14.9 Å². The third kappa shape index (κ3) is 3.98. The quantitative estimate of drug-likeness (QED) is 0.407. The Balaban J connectivity index is 1.29. The first kappa shape index (κ1) is 21.9. The first-order valence-electron chi connectivity index (χ1n) is 10.4. The highest BCUT2D eigenvalue weighted by atomic mass is 16.8. The van der Waals surface area contributed by atoms with Crippen molar-refractivity contribution in [1.29, 1.82) is 0 Å². The number of imidazole rings is 1. The lowest BCUT2D eigenvalue weighted by molar-refractivity contribution is -0.384. The van der Waals surface area contributed by atoms with Crippen molar-refractivity contribution in [3.63, 3.8) is 0 Å². The van der Waals surface area contributed by atoms with E-state index in [1.807, 2.05) is 0 Å². The number of aromatic nitrogens is 4. The van der Waals surface area contributed by atoms with E-state index in [1.165, 1.54) is 30.6 Å². The zero-order chi connectivity index (χ0) is 24.0. The fraction of sp³-hybridized carbons (Fsp3) is 0.400. The minimum absolute atomic E-state index is 0.0622. The number of hydrogen-bond acceptors (Lipinski definition) is 11. The molecule has 2 fully saturated rings. The van der Waals surface area contributed by atoms with Gasteiger partial charge in [0.05, 0.1) is 11.3 Å². The topological polar surface area (TPSA) is 179 Å². The van der Waals surface area contributed by atoms with Gasteiger partial charge in [-0.1, -0.05) is 0 Å². The third-order valence-electron chi connectivity index (χ3n) is 5.49. The molecule has 0 radical (unpaired) electrons. The van der Waals surface area contributed by atoms with Crippen molar-refractivity contribution >= 4 is 28.8 Å². The molecule has 14 nitrogen and oxygen atoms in total. The van der Waals surface area contributed by atoms with E-state index < -0.39 is 41.3 Å². The fourth-order valence-electron chi connectivity index (χ4n) is 4.07. The number of rotatable bonds is 5. The molecule has 2 aromatic heterocycles. The number of nitro benzene ring substituents is 1. The number of non-ortho nitro benzene ring substituents is 1. The smallest absolute Gasteiger partial charge is 0.410 e. The van der Waals surface area contributed by atoms with Crippen LogP contribution < -0.4 is 15.8 Å². The van der Waals surface area contributed by atoms with E-state index in [-0.39, 0.29) is 23.8 Å². The molecule has 2 aliphatic heterocycles. The van der Waals surface area contributed by atoms with Crippen LogP contribution in [-0.4, -0.2) is 61.2 Å². The van der Waals surface area contributed by atoms with Gasteiger partial charge in [0, 0.05) is 18.7 Å². The SMILES string of the molecule is CC1(C)O[C@@H]2[C@H](O1)[C@@H](CNC(=O)Oc1ccc([N+](=O)[O-])cc1)O[C@H]2n1cnc2c(N)ncnc21. The predicted octanol–water partition coefficient (Wildman–Crippen LogP) is 1.52. The Morgan fingerprint density at radius 3 is 2.71 bits per heavy atom. The van der Waals surface area contributed by atoms with Crippen molar-refractivity contribution in [1.82, 2.24) is 24.8 Å². The predicted molar refractivity (Wildman–Crippen MR) is 115 cm³/mol. The molecule has 14 heteroatoms. The van der Waals surface area contributed by atoms with Crippen LogP contribution in [0, 0.1) is 10.1 Å². The van der Waals surface area contributed by atoms with Crippen molar-refractivity contribution in [2.75, 3.05) is 12.3 Å². The molecule has 34 heavy (non-hydrogen) atoms. The second-order valence-corrected chi connectivity index (χ2v) is 8.23. The van der Waals surface area contributed by atoms with Gasteiger partial charge < -0.3 is 30.0 Å². The number of amides is 1. The van der Waals surface area contributed by atoms with Crippen LogP contribution in [0.2, 0.25) is 0 Å². The van der Waals surface area contributed by atoms with Crippen LogP contribution in [0.1, 0.15) is 20.1 Å². The summed E-state index contributed by atoms with van der Waals surface area (Å²) in [5.41, 5.74) is 6.71. The molecule has 0 saturated carbocycles. The van der Waals surface area contributed by atoms with Crippen molar-refractivity contribution in [3.8, 4) is 5.75 Å². The summed E-state index contributed by atoms with van der Waals surface area (Å²) in [7, 11) is 0. The number of anilines is 1. The summed E-state index contributed by atoms with van der Waals surface area (Å²) in [4.78, 5) is 35.0. The number of carbonyl (C=O) groups excluding carboxylic acids is 1. The molecule has 1 amide bonds. The molecule has 4 atom stereocenters. The molecule has 3 aromatic rings. The molecular weight excluding hydrogens is 450 g/mol. The largest absolute Gasteiger partial charge is 0.412 e. The van der Waals surface area contributed by atoms with Crippen molar-refractivity contribution < 1.29 is 28.7 Å². The first-order chi connectivity index (χ1) is 16.2. The Kier molecular flexibility index (Phi) is 5.27. The van der Waals surface area contributed by atoms with Gasteiger partial charge in [0.1, 0.15) is 35.9 Å². The average Bonchev–Trinajstić information content (AvgIpc) is 3.44. The van der Waals surface area contributed by atoms with E-state index in [0.29, 0.717) is 11.2 Å². The number of carbonyl (C=O) groups is 1. The molecular formula is C20H21N7O7. The summed E-state index contributed by atoms with van der Waals surface area (Å²) in [5.74, 6) is -0.455. The van der Waals surface area contributed by atoms with Crippen molar-refractivity contribution in [2.45, 2.75) is 44.2 Å². The maximum atomic E-state index is 12.3. The Hall–Kier alpha value is -3.88. The van der Waals surface area contributed by atoms with Gasteiger partial charge in [-0.2, -0.15) is 0 Å². The second-order valence-electron chi connectivity index (χ2n) is 8.23. The van der Waals surface area contributed by atoms with Gasteiger partial charge in [0.25, 0.3) is 5.69 Å². The van der Waals surface area contributed by atoms with Gasteiger partial charge >= 0.3 is 6.09 Å². The van der Waals surface area contributed by atoms with Crippen LogP contribution in [-0.2, 0) is 14.2 Å². The molecule has 2 saturated heterocycles. The summed E-state index contributed by atoms with van der Waals surface area (Å²) < 4.78 is 25.2. The molecule has 2 aliphatic rings. The zero-order valence-corrected chi connectivity index (χ0v) is 18.2. The zero-order valence-electron chi connectivity index (χ0n) is 18.2. The van der Waals surface area contributed by atoms with E-state index in [1.54, 1.807) is 24.7 Å². The van der Waals surface area contributed by atoms with Crippen LogP contribution in [0.15, 0.2) is 36.9 Å². The maximum absolute atomic E-state index is 12.3. The highest BCUT2D eigenvalue weighted by Crippen LogP contribution is 2.43. The first-order valence-corrected chi connectivity index (χ1v) is 10.4. The van der Waals surface area contributed by atoms with E-state index >= 15 is 0 Å². The van der Waals surface area contributed by atoms with Gasteiger partial charge in [0.2, 0.25) is 0 Å². The lowest BCUT2D eigenvalue weighted by Gasteiger charge is -2.24. The molecule has 5 rings (SSSR count). The highest BCUT2D eigenvalue weighted by Gasteiger charge is 2.56. The number of nitro groups is 1. The number of nitrogens with two attached hydrogens (primary N) is 1. The van der Waals surface area contributed by atoms with Gasteiger partial charge in [-0.3, -0.25) is 14.7 Å². The highest BCUT2D eigenvalue weighted by molar-refractivity contribution is 5.81. The molecule has 0 aliphatic carbocycles. The van der Waals surface area contributed by atoms with Crippen LogP contribution >= 0.6 is 0 Å². The minimum Gasteiger partial charge on any atom is -0.410 e. The fourth-order valence-corrected chi connectivity index (χ4v) is 4.07. The van der Waals surface area contributed by atoms with Gasteiger partial charge in [-0.05, 0) is 26.0 Å². The Labute approximate surface area is 192 Å². The van der Waals surface area contributed by atoms with Crippen LogP contribution in [0.3, 0.4) is 0 Å². The monoisotopic (exact) mass is 471 g/mol. The van der Waals surface area contributed by atoms with Gasteiger partial charge in [-0.15, -0.1) is 0 Å². The van der Waals surface area contributed by atoms with Crippen molar-refractivity contribution in [3.05, 3.63) is 47.0 Å². The van der Waals surface area contributed by atoms with Gasteiger partial charge in [0.15, 0.2) is 23.5 Å². The maximum Gasteiger partial charge on any atom is 0.412 e. The lowest BCUT2D eigenvalue weighted by atomic mass is 10.1. The van der Waals surface area contributed by atoms with Gasteiger partial charge in [-0.25, -0.2) is 19.7 Å². The molecule has 0 unspecified atom stereocenters. The second kappa shape index (κ2) is 8.16. The van der Waals surface area contributed by atoms with Crippen LogP contribution in [0.25, 0.3) is 11.2 Å². The number of nitrogens with one attached hydrogen (secondary N) is 1. The summed E-state index contributed by atoms with van der Waals surface area (Å²) >= 11 is 0. The summed E-state index contributed by atoms with van der Waals surface area (Å²) in [6, 6.07) is 5.17. The third-order valence-corrected chi connectivity index (χ3v) is 5.49. The van der Waals surface area contributed by atoms with Crippen LogP contribution in [0.5, 0.6) is 5.75 Å². The molecule has 178 valence electrons. The number of ether oxygens (including phenoxy) is 4. The normalized spacial score (nSPS) is 25.2. The number of benzene rings is 1. The number of fused-ring (bicyclic) bond motifs is 2. The molecule has 1 aromatic carbocycles. The minimum atomic E-state index is -0.862. The molecule has 0 spiro atoms. The standard InChI is InChI=1S/C20H21N7O7/c1-20(2)33-14-12(7-22-19(28)31-11-5-3-10(4-6-11)27(29)30)32-18(15(14)34-20)26-9-25-13-16(21)23-8-24-17(13)26/h3-6,8-9,12,14-15,18H,7H2,1-2H3,(H,22,28)(H2,21,23,24)/t12-,14-,15-,18-/m1/s1. The average molecular weight is 471 g/mol. The number of hydrogen-bond donors (Lipinski definition) is 2. The van der Waals surface area contributed by atoms with E-state index in [0.717, 1.165) is 0 Å². The molecule has 4 heterocycles. The summed E-state index contributed by atoms with van der Waals surface area (Å²) in [6.07, 6.45) is -0.0565. The molecule has 0 bridgehead atoms. The number of nitrogen functional groups attached to an aromatic ring is 1. The Bertz CT molecular complexity index is 1250. The Morgan fingerprint density at radius 2 is 1.97 bits per heavy atom. The number of nitrogens with zero attached hydrogens (tertiary/aromatic N) is 5. The molecule has 3 N–H and O–H groups in total.